The van der Waals surface area contributed by atoms with Crippen molar-refractivity contribution in [1.82, 2.24) is 9.80 Å². The molecular formula is C25H26Cl2N2O5. The zero-order chi connectivity index (χ0) is 24.4. The minimum atomic E-state index is -0.807. The summed E-state index contributed by atoms with van der Waals surface area (Å²) >= 11 is 12.4. The molecule has 1 fully saturated rings. The summed E-state index contributed by atoms with van der Waals surface area (Å²) < 4.78 is 11.2. The number of likely N-dealkylation sites (N-methyl/N-ethyl adjacent to an activating group) is 1. The van der Waals surface area contributed by atoms with E-state index in [9.17, 15) is 14.7 Å². The van der Waals surface area contributed by atoms with Gasteiger partial charge >= 0.3 is 0 Å². The average molecular weight is 505 g/mol. The molecular weight excluding hydrogens is 479 g/mol. The van der Waals surface area contributed by atoms with E-state index in [-0.39, 0.29) is 11.3 Å². The van der Waals surface area contributed by atoms with Crippen LogP contribution in [0.3, 0.4) is 0 Å². The van der Waals surface area contributed by atoms with Crippen LogP contribution in [0.2, 0.25) is 10.0 Å². The van der Waals surface area contributed by atoms with Crippen LogP contribution in [-0.4, -0.2) is 66.0 Å². The lowest BCUT2D eigenvalue weighted by atomic mass is 9.95. The second-order valence-electron chi connectivity index (χ2n) is 8.05. The van der Waals surface area contributed by atoms with E-state index in [1.165, 1.54) is 4.90 Å². The van der Waals surface area contributed by atoms with E-state index in [1.807, 2.05) is 13.8 Å². The van der Waals surface area contributed by atoms with Gasteiger partial charge in [0.25, 0.3) is 11.7 Å². The Kier molecular flexibility index (Phi) is 7.36. The SMILES string of the molecule is CCN(CC)CCN1C(=O)C(=O)/C(=C(/O)c2ccc3c(c2)OCCO3)C1c1ccc(Cl)c(Cl)c1. The highest BCUT2D eigenvalue weighted by molar-refractivity contribution is 6.46. The summed E-state index contributed by atoms with van der Waals surface area (Å²) in [5, 5.41) is 11.9. The topological polar surface area (TPSA) is 79.3 Å². The molecule has 2 aliphatic rings. The predicted molar refractivity (Wildman–Crippen MR) is 131 cm³/mol. The number of nitrogens with zero attached hydrogens (tertiary/aromatic N) is 2. The average Bonchev–Trinajstić information content (AvgIpc) is 3.10. The fraction of sp³-hybridized carbons (Fsp3) is 0.360. The van der Waals surface area contributed by atoms with Crippen molar-refractivity contribution in [1.29, 1.82) is 0 Å². The summed E-state index contributed by atoms with van der Waals surface area (Å²) in [7, 11) is 0. The van der Waals surface area contributed by atoms with Crippen LogP contribution in [0.15, 0.2) is 42.0 Å². The van der Waals surface area contributed by atoms with Gasteiger partial charge in [-0.15, -0.1) is 0 Å². The number of rotatable bonds is 7. The third-order valence-electron chi connectivity index (χ3n) is 6.17. The van der Waals surface area contributed by atoms with Gasteiger partial charge in [0.1, 0.15) is 19.0 Å². The number of hydrogen-bond acceptors (Lipinski definition) is 6. The molecule has 0 radical (unpaired) electrons. The predicted octanol–water partition coefficient (Wildman–Crippen LogP) is 4.53. The van der Waals surface area contributed by atoms with E-state index in [0.29, 0.717) is 59.0 Å². The lowest BCUT2D eigenvalue weighted by molar-refractivity contribution is -0.140. The highest BCUT2D eigenvalue weighted by Gasteiger charge is 2.46. The van der Waals surface area contributed by atoms with Gasteiger partial charge in [-0.25, -0.2) is 0 Å². The second kappa shape index (κ2) is 10.3. The first kappa shape index (κ1) is 24.4. The number of ether oxygens (including phenoxy) is 2. The molecule has 1 saturated heterocycles. The van der Waals surface area contributed by atoms with Crippen molar-refractivity contribution >= 4 is 40.7 Å². The van der Waals surface area contributed by atoms with E-state index >= 15 is 0 Å². The number of likely N-dealkylation sites (tertiary alicyclic amines) is 1. The monoisotopic (exact) mass is 504 g/mol. The van der Waals surface area contributed by atoms with Crippen molar-refractivity contribution in [3.05, 3.63) is 63.1 Å². The highest BCUT2D eigenvalue weighted by Crippen LogP contribution is 2.42. The molecule has 2 aliphatic heterocycles. The summed E-state index contributed by atoms with van der Waals surface area (Å²) in [6.45, 7) is 7.43. The summed E-state index contributed by atoms with van der Waals surface area (Å²) in [5.41, 5.74) is 0.947. The number of ketones is 1. The number of amides is 1. The number of Topliss-reactive ketones (excluding diaryl/α,β-unsaturated/α-hetero) is 1. The molecule has 0 aliphatic carbocycles. The number of hydrogen-bond donors (Lipinski definition) is 1. The Morgan fingerprint density at radius 2 is 1.74 bits per heavy atom. The van der Waals surface area contributed by atoms with E-state index in [1.54, 1.807) is 36.4 Å². The number of aliphatic hydroxyl groups is 1. The van der Waals surface area contributed by atoms with Gasteiger partial charge in [0.15, 0.2) is 11.5 Å². The minimum absolute atomic E-state index is 0.000358. The summed E-state index contributed by atoms with van der Waals surface area (Å²) in [6.07, 6.45) is 0. The number of carbonyl (C=O) groups excluding carboxylic acids is 2. The largest absolute Gasteiger partial charge is 0.507 e. The Bertz CT molecular complexity index is 1150. The molecule has 0 bridgehead atoms. The number of fused-ring (bicyclic) bond motifs is 1. The zero-order valence-corrected chi connectivity index (χ0v) is 20.5. The maximum absolute atomic E-state index is 13.2. The Morgan fingerprint density at radius 1 is 1.03 bits per heavy atom. The lowest BCUT2D eigenvalue weighted by Crippen LogP contribution is -2.38. The first-order valence-electron chi connectivity index (χ1n) is 11.2. The molecule has 2 aromatic carbocycles. The van der Waals surface area contributed by atoms with Crippen molar-refractivity contribution in [3.63, 3.8) is 0 Å². The molecule has 1 N–H and O–H groups in total. The van der Waals surface area contributed by atoms with E-state index in [2.05, 4.69) is 4.90 Å². The van der Waals surface area contributed by atoms with Gasteiger partial charge in [-0.1, -0.05) is 43.1 Å². The first-order valence-corrected chi connectivity index (χ1v) is 12.0. The van der Waals surface area contributed by atoms with Crippen LogP contribution in [0.5, 0.6) is 11.5 Å². The number of aliphatic hydroxyl groups excluding tert-OH is 1. The van der Waals surface area contributed by atoms with Crippen molar-refractivity contribution in [2.75, 3.05) is 39.4 Å². The molecule has 9 heteroatoms. The van der Waals surface area contributed by atoms with Gasteiger partial charge in [-0.3, -0.25) is 9.59 Å². The van der Waals surface area contributed by atoms with Crippen molar-refractivity contribution < 1.29 is 24.2 Å². The Balaban J connectivity index is 1.80. The van der Waals surface area contributed by atoms with Gasteiger partial charge in [0, 0.05) is 18.7 Å². The smallest absolute Gasteiger partial charge is 0.295 e. The maximum atomic E-state index is 13.2. The minimum Gasteiger partial charge on any atom is -0.507 e. The molecule has 180 valence electrons. The molecule has 34 heavy (non-hydrogen) atoms. The summed E-state index contributed by atoms with van der Waals surface area (Å²) in [6, 6.07) is 9.08. The molecule has 1 amide bonds. The van der Waals surface area contributed by atoms with E-state index in [0.717, 1.165) is 13.1 Å². The number of halogens is 2. The molecule has 2 heterocycles. The molecule has 0 aromatic heterocycles. The molecule has 0 saturated carbocycles. The quantitative estimate of drug-likeness (QED) is 0.339. The van der Waals surface area contributed by atoms with E-state index < -0.39 is 17.7 Å². The van der Waals surface area contributed by atoms with Crippen LogP contribution in [-0.2, 0) is 9.59 Å². The van der Waals surface area contributed by atoms with Crippen molar-refractivity contribution in [2.45, 2.75) is 19.9 Å². The number of carbonyl (C=O) groups is 2. The van der Waals surface area contributed by atoms with E-state index in [4.69, 9.17) is 32.7 Å². The van der Waals surface area contributed by atoms with Gasteiger partial charge in [0.05, 0.1) is 21.7 Å². The Morgan fingerprint density at radius 3 is 2.41 bits per heavy atom. The van der Waals surface area contributed by atoms with Crippen LogP contribution in [0.1, 0.15) is 31.0 Å². The van der Waals surface area contributed by atoms with Crippen LogP contribution in [0, 0.1) is 0 Å². The molecule has 7 nitrogen and oxygen atoms in total. The first-order chi connectivity index (χ1) is 16.3. The molecule has 0 spiro atoms. The Hall–Kier alpha value is -2.74. The third-order valence-corrected chi connectivity index (χ3v) is 6.91. The van der Waals surface area contributed by atoms with Crippen LogP contribution in [0.25, 0.3) is 5.76 Å². The van der Waals surface area contributed by atoms with Gasteiger partial charge < -0.3 is 24.4 Å². The molecule has 4 rings (SSSR count). The van der Waals surface area contributed by atoms with Gasteiger partial charge in [-0.05, 0) is 49.0 Å². The molecule has 2 aromatic rings. The summed E-state index contributed by atoms with van der Waals surface area (Å²) in [5.74, 6) is -0.664. The van der Waals surface area contributed by atoms with Crippen molar-refractivity contribution in [2.24, 2.45) is 0 Å². The van der Waals surface area contributed by atoms with Gasteiger partial charge in [0.2, 0.25) is 0 Å². The fourth-order valence-corrected chi connectivity index (χ4v) is 4.58. The van der Waals surface area contributed by atoms with Crippen molar-refractivity contribution in [3.8, 4) is 11.5 Å². The van der Waals surface area contributed by atoms with Crippen LogP contribution in [0.4, 0.5) is 0 Å². The standard InChI is InChI=1S/C25H26Cl2N2O5/c1-3-28(4-2)9-10-29-22(15-5-7-17(26)18(27)13-15)21(24(31)25(29)32)23(30)16-6-8-19-20(14-16)34-12-11-33-19/h5-8,13-14,22,30H,3-4,9-12H2,1-2H3/b23-21+. The fourth-order valence-electron chi connectivity index (χ4n) is 4.27. The van der Waals surface area contributed by atoms with Crippen LogP contribution < -0.4 is 9.47 Å². The second-order valence-corrected chi connectivity index (χ2v) is 8.87. The maximum Gasteiger partial charge on any atom is 0.295 e. The number of benzene rings is 2. The normalized spacial score (nSPS) is 19.2. The Labute approximate surface area is 208 Å². The lowest BCUT2D eigenvalue weighted by Gasteiger charge is -2.28. The third kappa shape index (κ3) is 4.60. The van der Waals surface area contributed by atoms with Gasteiger partial charge in [-0.2, -0.15) is 0 Å². The highest BCUT2D eigenvalue weighted by atomic mass is 35.5. The molecule has 1 atom stereocenters. The molecule has 1 unspecified atom stereocenters. The zero-order valence-electron chi connectivity index (χ0n) is 19.0. The van der Waals surface area contributed by atoms with Crippen LogP contribution >= 0.6 is 23.2 Å². The summed E-state index contributed by atoms with van der Waals surface area (Å²) in [4.78, 5) is 30.0.